The molecule has 0 radical (unpaired) electrons. The summed E-state index contributed by atoms with van der Waals surface area (Å²) in [7, 11) is 0. The normalized spacial score (nSPS) is 34.0. The Kier molecular flexibility index (Phi) is 5.01. The molecule has 0 saturated carbocycles. The van der Waals surface area contributed by atoms with Crippen LogP contribution in [0.5, 0.6) is 0 Å². The summed E-state index contributed by atoms with van der Waals surface area (Å²) in [5.41, 5.74) is 0. The van der Waals surface area contributed by atoms with Gasteiger partial charge in [0, 0.05) is 13.1 Å². The van der Waals surface area contributed by atoms with Crippen LogP contribution in [0.1, 0.15) is 13.3 Å². The van der Waals surface area contributed by atoms with Gasteiger partial charge in [0.05, 0.1) is 12.2 Å². The molecule has 1 fully saturated rings. The van der Waals surface area contributed by atoms with Crippen molar-refractivity contribution in [2.45, 2.75) is 31.8 Å². The van der Waals surface area contributed by atoms with Crippen molar-refractivity contribution < 1.29 is 14.6 Å². The first-order chi connectivity index (χ1) is 5.11. The van der Waals surface area contributed by atoms with E-state index in [1.165, 1.54) is 11.8 Å². The average Bonchev–Trinajstić information content (AvgIpc) is 1.94. The highest BCUT2D eigenvalue weighted by Gasteiger charge is 2.27. The number of β-amino-alcohol motifs (C(OH)–C–C–N with tert-alkyl or cyclic N) is 1. The predicted molar refractivity (Wildman–Crippen MR) is 46.0 cm³/mol. The number of alkyl halides is 1. The lowest BCUT2D eigenvalue weighted by molar-refractivity contribution is -0.0646. The van der Waals surface area contributed by atoms with Gasteiger partial charge in [-0.25, -0.2) is 4.39 Å². The zero-order valence-electron chi connectivity index (χ0n) is 6.98. The standard InChI is InChI=1S/C7H14FNO2.ClH/c1-5(8)9-3-2-6(10)7(11)4-9;/h5-7,10-11H,2-4H2,1H3;1H. The van der Waals surface area contributed by atoms with Crippen molar-refractivity contribution in [3.05, 3.63) is 0 Å². The maximum absolute atomic E-state index is 12.6. The number of halogens is 2. The van der Waals surface area contributed by atoms with Crippen molar-refractivity contribution in [2.24, 2.45) is 0 Å². The molecule has 1 aliphatic rings. The second kappa shape index (κ2) is 4.97. The van der Waals surface area contributed by atoms with Gasteiger partial charge in [-0.15, -0.1) is 12.4 Å². The molecule has 3 nitrogen and oxygen atoms in total. The van der Waals surface area contributed by atoms with Crippen LogP contribution in [0.25, 0.3) is 0 Å². The summed E-state index contributed by atoms with van der Waals surface area (Å²) in [6.07, 6.45) is -2.04. The highest BCUT2D eigenvalue weighted by Crippen LogP contribution is 2.13. The molecule has 0 spiro atoms. The minimum absolute atomic E-state index is 0. The molecule has 0 bridgehead atoms. The zero-order chi connectivity index (χ0) is 8.43. The Hall–Kier alpha value is 0.1000. The molecule has 1 rings (SSSR count). The van der Waals surface area contributed by atoms with Crippen LogP contribution in [0.15, 0.2) is 0 Å². The molecule has 0 aromatic carbocycles. The molecular formula is C7H15ClFNO2. The number of piperidine rings is 1. The molecule has 0 amide bonds. The number of aliphatic hydroxyl groups excluding tert-OH is 2. The molecular weight excluding hydrogens is 185 g/mol. The van der Waals surface area contributed by atoms with E-state index in [2.05, 4.69) is 0 Å². The van der Waals surface area contributed by atoms with Crippen molar-refractivity contribution in [3.63, 3.8) is 0 Å². The smallest absolute Gasteiger partial charge is 0.150 e. The fourth-order valence-electron chi connectivity index (χ4n) is 1.27. The van der Waals surface area contributed by atoms with Crippen LogP contribution in [-0.2, 0) is 0 Å². The molecule has 1 saturated heterocycles. The zero-order valence-corrected chi connectivity index (χ0v) is 7.80. The minimum Gasteiger partial charge on any atom is -0.390 e. The maximum Gasteiger partial charge on any atom is 0.150 e. The number of likely N-dealkylation sites (tertiary alicyclic amines) is 1. The molecule has 0 aromatic heterocycles. The van der Waals surface area contributed by atoms with Gasteiger partial charge in [0.15, 0.2) is 6.30 Å². The van der Waals surface area contributed by atoms with Crippen LogP contribution in [0, 0.1) is 0 Å². The molecule has 3 unspecified atom stereocenters. The lowest BCUT2D eigenvalue weighted by Gasteiger charge is -2.33. The molecule has 1 heterocycles. The lowest BCUT2D eigenvalue weighted by Crippen LogP contribution is -2.48. The monoisotopic (exact) mass is 199 g/mol. The van der Waals surface area contributed by atoms with Crippen LogP contribution in [0.4, 0.5) is 4.39 Å². The van der Waals surface area contributed by atoms with Gasteiger partial charge in [0.25, 0.3) is 0 Å². The Bertz CT molecular complexity index is 137. The van der Waals surface area contributed by atoms with E-state index in [9.17, 15) is 4.39 Å². The minimum atomic E-state index is -1.03. The summed E-state index contributed by atoms with van der Waals surface area (Å²) in [4.78, 5) is 1.51. The van der Waals surface area contributed by atoms with E-state index in [0.717, 1.165) is 0 Å². The summed E-state index contributed by atoms with van der Waals surface area (Å²) in [5, 5.41) is 18.2. The number of rotatable bonds is 1. The Morgan fingerprint density at radius 3 is 2.42 bits per heavy atom. The quantitative estimate of drug-likeness (QED) is 0.591. The number of aliphatic hydroxyl groups is 2. The van der Waals surface area contributed by atoms with E-state index >= 15 is 0 Å². The van der Waals surface area contributed by atoms with E-state index in [1.54, 1.807) is 0 Å². The van der Waals surface area contributed by atoms with Crippen LogP contribution >= 0.6 is 12.4 Å². The van der Waals surface area contributed by atoms with Crippen LogP contribution < -0.4 is 0 Å². The molecule has 5 heteroatoms. The van der Waals surface area contributed by atoms with Gasteiger partial charge in [0.2, 0.25) is 0 Å². The van der Waals surface area contributed by atoms with Gasteiger partial charge in [0.1, 0.15) is 0 Å². The third kappa shape index (κ3) is 2.86. The summed E-state index contributed by atoms with van der Waals surface area (Å²) in [6.45, 7) is 2.19. The number of nitrogens with zero attached hydrogens (tertiary/aromatic N) is 1. The van der Waals surface area contributed by atoms with Crippen molar-refractivity contribution >= 4 is 12.4 Å². The van der Waals surface area contributed by atoms with Crippen LogP contribution in [0.2, 0.25) is 0 Å². The summed E-state index contributed by atoms with van der Waals surface area (Å²) < 4.78 is 12.6. The van der Waals surface area contributed by atoms with Gasteiger partial charge in [-0.3, -0.25) is 4.90 Å². The van der Waals surface area contributed by atoms with Gasteiger partial charge in [-0.2, -0.15) is 0 Å². The van der Waals surface area contributed by atoms with Gasteiger partial charge in [-0.05, 0) is 13.3 Å². The number of hydrogen-bond acceptors (Lipinski definition) is 3. The summed E-state index contributed by atoms with van der Waals surface area (Å²) >= 11 is 0. The van der Waals surface area contributed by atoms with E-state index in [-0.39, 0.29) is 19.0 Å². The first-order valence-corrected chi connectivity index (χ1v) is 3.85. The van der Waals surface area contributed by atoms with E-state index in [1.807, 2.05) is 0 Å². The highest BCUT2D eigenvalue weighted by atomic mass is 35.5. The van der Waals surface area contributed by atoms with Crippen LogP contribution in [0.3, 0.4) is 0 Å². The lowest BCUT2D eigenvalue weighted by atomic mass is 10.1. The second-order valence-electron chi connectivity index (χ2n) is 2.99. The molecule has 2 N–H and O–H groups in total. The molecule has 12 heavy (non-hydrogen) atoms. The van der Waals surface area contributed by atoms with Crippen LogP contribution in [-0.4, -0.2) is 46.7 Å². The maximum atomic E-state index is 12.6. The second-order valence-corrected chi connectivity index (χ2v) is 2.99. The fourth-order valence-corrected chi connectivity index (χ4v) is 1.27. The first-order valence-electron chi connectivity index (χ1n) is 3.85. The first kappa shape index (κ1) is 12.1. The molecule has 1 aliphatic heterocycles. The Balaban J connectivity index is 0.00000121. The molecule has 74 valence electrons. The summed E-state index contributed by atoms with van der Waals surface area (Å²) in [6, 6.07) is 0. The highest BCUT2D eigenvalue weighted by molar-refractivity contribution is 5.85. The SMILES string of the molecule is CC(F)N1CCC(O)C(O)C1.Cl. The fraction of sp³-hybridized carbons (Fsp3) is 1.00. The molecule has 0 aromatic rings. The average molecular weight is 200 g/mol. The Morgan fingerprint density at radius 2 is 2.00 bits per heavy atom. The van der Waals surface area contributed by atoms with Crippen molar-refractivity contribution in [2.75, 3.05) is 13.1 Å². The van der Waals surface area contributed by atoms with E-state index in [4.69, 9.17) is 10.2 Å². The van der Waals surface area contributed by atoms with Gasteiger partial charge >= 0.3 is 0 Å². The Morgan fingerprint density at radius 1 is 1.42 bits per heavy atom. The Labute approximate surface area is 77.6 Å². The van der Waals surface area contributed by atoms with Gasteiger partial charge < -0.3 is 10.2 Å². The third-order valence-corrected chi connectivity index (χ3v) is 2.08. The largest absolute Gasteiger partial charge is 0.390 e. The molecule has 0 aliphatic carbocycles. The van der Waals surface area contributed by atoms with Crippen molar-refractivity contribution in [3.8, 4) is 0 Å². The molecule has 3 atom stereocenters. The van der Waals surface area contributed by atoms with Gasteiger partial charge in [-0.1, -0.05) is 0 Å². The van der Waals surface area contributed by atoms with Crippen molar-refractivity contribution in [1.29, 1.82) is 0 Å². The number of hydrogen-bond donors (Lipinski definition) is 2. The predicted octanol–water partition coefficient (Wildman–Crippen LogP) is 0.151. The van der Waals surface area contributed by atoms with E-state index in [0.29, 0.717) is 13.0 Å². The topological polar surface area (TPSA) is 43.7 Å². The van der Waals surface area contributed by atoms with E-state index < -0.39 is 18.5 Å². The van der Waals surface area contributed by atoms with Crippen molar-refractivity contribution in [1.82, 2.24) is 4.90 Å². The third-order valence-electron chi connectivity index (χ3n) is 2.08. The summed E-state index contributed by atoms with van der Waals surface area (Å²) in [5.74, 6) is 0.